The molecule has 0 aliphatic heterocycles. The zero-order chi connectivity index (χ0) is 22.1. The first-order chi connectivity index (χ1) is 14.9. The van der Waals surface area contributed by atoms with Crippen molar-refractivity contribution in [3.05, 3.63) is 47.6 Å². The third-order valence-electron chi connectivity index (χ3n) is 4.27. The van der Waals surface area contributed by atoms with Gasteiger partial charge in [-0.05, 0) is 18.2 Å². The topological polar surface area (TPSA) is 148 Å². The third-order valence-corrected chi connectivity index (χ3v) is 4.51. The lowest BCUT2D eigenvalue weighted by atomic mass is 10.1. The van der Waals surface area contributed by atoms with Crippen LogP contribution in [0.2, 0.25) is 5.02 Å². The minimum atomic E-state index is -2.48. The molecule has 0 aliphatic carbocycles. The number of alkyl halides is 1. The number of rotatable bonds is 6. The molecule has 0 saturated carbocycles. The molecule has 0 spiro atoms. The number of benzene rings is 1. The Hall–Kier alpha value is -4.06. The number of carboxylic acid groups (broad SMARTS) is 1. The van der Waals surface area contributed by atoms with E-state index >= 15 is 0 Å². The molecule has 0 aliphatic rings. The van der Waals surface area contributed by atoms with Gasteiger partial charge in [0.1, 0.15) is 28.8 Å². The molecule has 1 unspecified atom stereocenters. The fraction of sp³-hybridized carbons (Fsp3) is 0.111. The molecule has 13 heteroatoms. The van der Waals surface area contributed by atoms with Crippen LogP contribution in [0, 0.1) is 0 Å². The van der Waals surface area contributed by atoms with Crippen LogP contribution in [0.1, 0.15) is 16.8 Å². The molecule has 31 heavy (non-hydrogen) atoms. The number of nitrogens with one attached hydrogen (secondary N) is 2. The SMILES string of the molecule is COc1ccc(Cl)cc1-c1nn(C(F)C(=O)O)cc1NC(=O)c1n[nH]c2cncnc12. The van der Waals surface area contributed by atoms with Gasteiger partial charge in [-0.25, -0.2) is 23.8 Å². The van der Waals surface area contributed by atoms with Crippen molar-refractivity contribution < 1.29 is 23.8 Å². The fourth-order valence-corrected chi connectivity index (χ4v) is 3.06. The highest BCUT2D eigenvalue weighted by Crippen LogP contribution is 2.37. The van der Waals surface area contributed by atoms with Gasteiger partial charge in [-0.15, -0.1) is 0 Å². The monoisotopic (exact) mass is 445 g/mol. The van der Waals surface area contributed by atoms with Crippen LogP contribution in [0.5, 0.6) is 5.75 Å². The molecule has 3 aromatic heterocycles. The maximum Gasteiger partial charge on any atom is 0.361 e. The average Bonchev–Trinajstić information content (AvgIpc) is 3.37. The number of halogens is 2. The van der Waals surface area contributed by atoms with Crippen LogP contribution in [-0.4, -0.2) is 54.0 Å². The Morgan fingerprint density at radius 3 is 2.94 bits per heavy atom. The number of hydrogen-bond acceptors (Lipinski definition) is 7. The van der Waals surface area contributed by atoms with Crippen molar-refractivity contribution in [2.75, 3.05) is 12.4 Å². The van der Waals surface area contributed by atoms with Gasteiger partial charge >= 0.3 is 5.97 Å². The van der Waals surface area contributed by atoms with Crippen LogP contribution < -0.4 is 10.1 Å². The molecule has 0 radical (unpaired) electrons. The summed E-state index contributed by atoms with van der Waals surface area (Å²) in [4.78, 5) is 31.8. The number of amides is 1. The van der Waals surface area contributed by atoms with Crippen molar-refractivity contribution in [1.29, 1.82) is 0 Å². The Balaban J connectivity index is 1.80. The van der Waals surface area contributed by atoms with Crippen molar-refractivity contribution in [2.45, 2.75) is 6.30 Å². The van der Waals surface area contributed by atoms with E-state index in [9.17, 15) is 14.0 Å². The summed E-state index contributed by atoms with van der Waals surface area (Å²) in [5, 5.41) is 22.5. The van der Waals surface area contributed by atoms with Crippen LogP contribution in [0.4, 0.5) is 10.1 Å². The summed E-state index contributed by atoms with van der Waals surface area (Å²) in [6.07, 6.45) is 1.28. The van der Waals surface area contributed by atoms with E-state index in [1.165, 1.54) is 25.7 Å². The molecule has 3 N–H and O–H groups in total. The number of aromatic nitrogens is 6. The number of aliphatic carboxylic acids is 1. The van der Waals surface area contributed by atoms with Gasteiger partial charge in [0, 0.05) is 10.6 Å². The van der Waals surface area contributed by atoms with E-state index in [0.717, 1.165) is 6.20 Å². The second-order valence-corrected chi connectivity index (χ2v) is 6.64. The standard InChI is InChI=1S/C18H13ClFN7O4/c1-31-12-3-2-8(19)4-9(12)13-11(6-27(26-13)16(20)18(29)30)23-17(28)15-14-10(24-25-15)5-21-7-22-14/h2-7,16H,1H3,(H,23,28)(H,24,25)(H,29,30). The Morgan fingerprint density at radius 2 is 2.19 bits per heavy atom. The number of ether oxygens (including phenoxy) is 1. The number of hydrogen-bond donors (Lipinski definition) is 3. The molecule has 0 bridgehead atoms. The molecule has 1 atom stereocenters. The van der Waals surface area contributed by atoms with E-state index < -0.39 is 18.2 Å². The first-order valence-electron chi connectivity index (χ1n) is 8.64. The highest BCUT2D eigenvalue weighted by molar-refractivity contribution is 6.31. The molecule has 0 fully saturated rings. The summed E-state index contributed by atoms with van der Waals surface area (Å²) in [6.45, 7) is 0. The van der Waals surface area contributed by atoms with Crippen LogP contribution >= 0.6 is 11.6 Å². The van der Waals surface area contributed by atoms with Gasteiger partial charge in [-0.3, -0.25) is 9.89 Å². The fourth-order valence-electron chi connectivity index (χ4n) is 2.89. The molecular weight excluding hydrogens is 433 g/mol. The van der Waals surface area contributed by atoms with Crippen molar-refractivity contribution >= 4 is 40.2 Å². The maximum absolute atomic E-state index is 14.1. The Morgan fingerprint density at radius 1 is 1.39 bits per heavy atom. The highest BCUT2D eigenvalue weighted by Gasteiger charge is 2.26. The van der Waals surface area contributed by atoms with Crippen molar-refractivity contribution in [1.82, 2.24) is 29.9 Å². The van der Waals surface area contributed by atoms with Crippen molar-refractivity contribution in [3.8, 4) is 17.0 Å². The van der Waals surface area contributed by atoms with Crippen LogP contribution in [-0.2, 0) is 4.79 Å². The number of aromatic amines is 1. The van der Waals surface area contributed by atoms with E-state index in [1.807, 2.05) is 0 Å². The summed E-state index contributed by atoms with van der Waals surface area (Å²) >= 11 is 6.07. The number of methoxy groups -OCH3 is 1. The maximum atomic E-state index is 14.1. The average molecular weight is 446 g/mol. The molecule has 1 aromatic carbocycles. The van der Waals surface area contributed by atoms with Gasteiger partial charge < -0.3 is 15.2 Å². The Bertz CT molecular complexity index is 1310. The molecule has 0 saturated heterocycles. The molecule has 158 valence electrons. The zero-order valence-electron chi connectivity index (χ0n) is 15.7. The van der Waals surface area contributed by atoms with Crippen molar-refractivity contribution in [2.24, 2.45) is 0 Å². The predicted molar refractivity (Wildman–Crippen MR) is 107 cm³/mol. The number of anilines is 1. The van der Waals surface area contributed by atoms with Gasteiger partial charge in [-0.2, -0.15) is 10.2 Å². The van der Waals surface area contributed by atoms with Gasteiger partial charge in [-0.1, -0.05) is 11.6 Å². The number of fused-ring (bicyclic) bond motifs is 1. The summed E-state index contributed by atoms with van der Waals surface area (Å²) in [6, 6.07) is 4.63. The molecule has 4 rings (SSSR count). The number of H-pyrrole nitrogens is 1. The first kappa shape index (κ1) is 20.2. The van der Waals surface area contributed by atoms with Crippen LogP contribution in [0.15, 0.2) is 36.9 Å². The summed E-state index contributed by atoms with van der Waals surface area (Å²) < 4.78 is 20.0. The summed E-state index contributed by atoms with van der Waals surface area (Å²) in [5.74, 6) is -2.11. The van der Waals surface area contributed by atoms with Gasteiger partial charge in [0.15, 0.2) is 5.69 Å². The second-order valence-electron chi connectivity index (χ2n) is 6.20. The van der Waals surface area contributed by atoms with Crippen LogP contribution in [0.25, 0.3) is 22.3 Å². The number of carbonyl (C=O) groups excluding carboxylic acids is 1. The number of carboxylic acids is 1. The minimum Gasteiger partial charge on any atom is -0.496 e. The third kappa shape index (κ3) is 3.75. The first-order valence-corrected chi connectivity index (χ1v) is 9.02. The Labute approximate surface area is 177 Å². The predicted octanol–water partition coefficient (Wildman–Crippen LogP) is 2.68. The van der Waals surface area contributed by atoms with Gasteiger partial charge in [0.05, 0.1) is 25.2 Å². The summed E-state index contributed by atoms with van der Waals surface area (Å²) in [5.41, 5.74) is 1.05. The van der Waals surface area contributed by atoms with E-state index in [4.69, 9.17) is 21.4 Å². The number of nitrogens with zero attached hydrogens (tertiary/aromatic N) is 5. The molecule has 1 amide bonds. The minimum absolute atomic E-state index is 0.0136. The molecule has 3 heterocycles. The molecule has 4 aromatic rings. The number of carbonyl (C=O) groups is 2. The highest BCUT2D eigenvalue weighted by atomic mass is 35.5. The lowest BCUT2D eigenvalue weighted by molar-refractivity contribution is -0.146. The van der Waals surface area contributed by atoms with Gasteiger partial charge in [0.2, 0.25) is 0 Å². The van der Waals surface area contributed by atoms with E-state index in [1.54, 1.807) is 12.1 Å². The lowest BCUT2D eigenvalue weighted by Gasteiger charge is -2.09. The van der Waals surface area contributed by atoms with E-state index in [2.05, 4.69) is 30.6 Å². The van der Waals surface area contributed by atoms with E-state index in [-0.39, 0.29) is 22.6 Å². The van der Waals surface area contributed by atoms with E-state index in [0.29, 0.717) is 26.5 Å². The van der Waals surface area contributed by atoms with Crippen LogP contribution in [0.3, 0.4) is 0 Å². The smallest absolute Gasteiger partial charge is 0.361 e. The molecular formula is C18H13ClFN7O4. The quantitative estimate of drug-likeness (QED) is 0.410. The molecule has 11 nitrogen and oxygen atoms in total. The normalized spacial score (nSPS) is 12.0. The van der Waals surface area contributed by atoms with Gasteiger partial charge in [0.25, 0.3) is 12.2 Å². The van der Waals surface area contributed by atoms with Crippen molar-refractivity contribution in [3.63, 3.8) is 0 Å². The zero-order valence-corrected chi connectivity index (χ0v) is 16.5. The Kier molecular flexibility index (Phi) is 5.21. The largest absolute Gasteiger partial charge is 0.496 e. The lowest BCUT2D eigenvalue weighted by Crippen LogP contribution is -2.15. The second kappa shape index (κ2) is 7.99. The summed E-state index contributed by atoms with van der Waals surface area (Å²) in [7, 11) is 1.41.